The molecular formula is C22H25ClN4OS. The van der Waals surface area contributed by atoms with E-state index in [1.54, 1.807) is 0 Å². The third-order valence-electron chi connectivity index (χ3n) is 5.45. The van der Waals surface area contributed by atoms with Crippen LogP contribution in [0.15, 0.2) is 42.7 Å². The van der Waals surface area contributed by atoms with E-state index in [2.05, 4.69) is 39.4 Å². The summed E-state index contributed by atoms with van der Waals surface area (Å²) in [5.74, 6) is 0. The van der Waals surface area contributed by atoms with Crippen molar-refractivity contribution in [2.45, 2.75) is 33.4 Å². The van der Waals surface area contributed by atoms with Crippen LogP contribution in [0.2, 0.25) is 5.02 Å². The molecule has 0 saturated heterocycles. The minimum atomic E-state index is -0.222. The molecule has 0 fully saturated rings. The number of carbonyl (C=O) groups is 1. The van der Waals surface area contributed by atoms with E-state index in [0.29, 0.717) is 11.6 Å². The zero-order chi connectivity index (χ0) is 20.4. The van der Waals surface area contributed by atoms with Crippen molar-refractivity contribution in [2.24, 2.45) is 0 Å². The Hall–Kier alpha value is -2.28. The first kappa shape index (κ1) is 20.0. The molecule has 0 atom stereocenters. The van der Waals surface area contributed by atoms with Crippen molar-refractivity contribution in [2.75, 3.05) is 18.4 Å². The van der Waals surface area contributed by atoms with E-state index in [1.807, 2.05) is 48.6 Å². The van der Waals surface area contributed by atoms with Gasteiger partial charge in [0.25, 0.3) is 0 Å². The van der Waals surface area contributed by atoms with Crippen LogP contribution in [0.1, 0.15) is 28.5 Å². The lowest BCUT2D eigenvalue weighted by Gasteiger charge is -2.25. The summed E-state index contributed by atoms with van der Waals surface area (Å²) in [5, 5.41) is 7.80. The number of halogens is 1. The minimum absolute atomic E-state index is 0.222. The normalized spacial score (nSPS) is 13.9. The molecule has 0 bridgehead atoms. The molecule has 3 heterocycles. The quantitative estimate of drug-likeness (QED) is 0.586. The van der Waals surface area contributed by atoms with E-state index < -0.39 is 0 Å². The van der Waals surface area contributed by atoms with Gasteiger partial charge in [0.1, 0.15) is 5.00 Å². The van der Waals surface area contributed by atoms with Gasteiger partial charge in [-0.2, -0.15) is 0 Å². The van der Waals surface area contributed by atoms with Crippen molar-refractivity contribution < 1.29 is 4.79 Å². The molecule has 152 valence electrons. The van der Waals surface area contributed by atoms with E-state index in [-0.39, 0.29) is 6.03 Å². The number of hydrogen-bond acceptors (Lipinski definition) is 3. The molecule has 29 heavy (non-hydrogen) atoms. The third kappa shape index (κ3) is 4.20. The lowest BCUT2D eigenvalue weighted by atomic mass is 10.0. The fourth-order valence-electron chi connectivity index (χ4n) is 3.72. The van der Waals surface area contributed by atoms with Crippen molar-refractivity contribution in [3.8, 4) is 5.00 Å². The number of amides is 2. The molecule has 3 aromatic rings. The van der Waals surface area contributed by atoms with Crippen LogP contribution < -0.4 is 10.6 Å². The molecule has 2 aromatic heterocycles. The Kier molecular flexibility index (Phi) is 5.94. The lowest BCUT2D eigenvalue weighted by Crippen LogP contribution is -2.31. The van der Waals surface area contributed by atoms with Gasteiger partial charge in [0.2, 0.25) is 0 Å². The Morgan fingerprint density at radius 3 is 2.79 bits per heavy atom. The smallest absolute Gasteiger partial charge is 0.319 e. The number of benzene rings is 1. The zero-order valence-electron chi connectivity index (χ0n) is 16.7. The van der Waals surface area contributed by atoms with Gasteiger partial charge in [0.05, 0.1) is 0 Å². The maximum Gasteiger partial charge on any atom is 0.319 e. The zero-order valence-corrected chi connectivity index (χ0v) is 18.2. The van der Waals surface area contributed by atoms with Crippen LogP contribution in [0, 0.1) is 6.92 Å². The highest BCUT2D eigenvalue weighted by Crippen LogP contribution is 2.36. The maximum atomic E-state index is 12.6. The first-order valence-electron chi connectivity index (χ1n) is 9.86. The first-order chi connectivity index (χ1) is 14.1. The first-order valence-corrected chi connectivity index (χ1v) is 11.0. The number of rotatable bonds is 5. The molecule has 5 nitrogen and oxygen atoms in total. The van der Waals surface area contributed by atoms with Crippen LogP contribution in [0.25, 0.3) is 5.00 Å². The monoisotopic (exact) mass is 428 g/mol. The average molecular weight is 429 g/mol. The number of nitrogens with zero attached hydrogens (tertiary/aromatic N) is 2. The summed E-state index contributed by atoms with van der Waals surface area (Å²) in [6, 6.07) is 9.35. The number of fused-ring (bicyclic) bond motifs is 1. The second kappa shape index (κ2) is 8.61. The van der Waals surface area contributed by atoms with Crippen molar-refractivity contribution in [1.29, 1.82) is 0 Å². The molecule has 0 aliphatic carbocycles. The molecule has 2 N–H and O–H groups in total. The highest BCUT2D eigenvalue weighted by atomic mass is 35.5. The molecule has 7 heteroatoms. The standard InChI is InChI=1S/C22H25ClN4OS/c1-3-26-12-9-16-17(21(29-20(16)14-26)27-10-4-5-11-27)13-24-22(28)25-19-8-6-7-18(23)15(19)2/h4-8,10-11H,3,9,12-14H2,1-2H3,(H2,24,25,28). The largest absolute Gasteiger partial charge is 0.334 e. The van der Waals surface area contributed by atoms with Gasteiger partial charge in [0.15, 0.2) is 0 Å². The Morgan fingerprint density at radius 1 is 1.24 bits per heavy atom. The van der Waals surface area contributed by atoms with Crippen LogP contribution >= 0.6 is 22.9 Å². The Bertz CT molecular complexity index is 1010. The summed E-state index contributed by atoms with van der Waals surface area (Å²) in [7, 11) is 0. The highest BCUT2D eigenvalue weighted by molar-refractivity contribution is 7.14. The number of urea groups is 1. The third-order valence-corrected chi connectivity index (χ3v) is 7.13. The van der Waals surface area contributed by atoms with Crippen molar-refractivity contribution in [1.82, 2.24) is 14.8 Å². The second-order valence-corrected chi connectivity index (χ2v) is 8.71. The topological polar surface area (TPSA) is 49.3 Å². The van der Waals surface area contributed by atoms with E-state index in [4.69, 9.17) is 11.6 Å². The number of carbonyl (C=O) groups excluding carboxylic acids is 1. The molecule has 1 aromatic carbocycles. The molecule has 0 saturated carbocycles. The van der Waals surface area contributed by atoms with Gasteiger partial charge >= 0.3 is 6.03 Å². The number of thiophene rings is 1. The van der Waals surface area contributed by atoms with Crippen LogP contribution in [0.3, 0.4) is 0 Å². The van der Waals surface area contributed by atoms with Crippen LogP contribution in [-0.4, -0.2) is 28.6 Å². The van der Waals surface area contributed by atoms with Crippen LogP contribution in [-0.2, 0) is 19.5 Å². The fourth-order valence-corrected chi connectivity index (χ4v) is 5.27. The summed E-state index contributed by atoms with van der Waals surface area (Å²) in [6.45, 7) is 7.71. The fraction of sp³-hybridized carbons (Fsp3) is 0.318. The van der Waals surface area contributed by atoms with E-state index >= 15 is 0 Å². The van der Waals surface area contributed by atoms with Crippen LogP contribution in [0.4, 0.5) is 10.5 Å². The lowest BCUT2D eigenvalue weighted by molar-refractivity contribution is 0.251. The van der Waals surface area contributed by atoms with Crippen molar-refractivity contribution in [3.63, 3.8) is 0 Å². The SMILES string of the molecule is CCN1CCc2c(sc(-n3cccc3)c2CNC(=O)Nc2cccc(Cl)c2C)C1. The number of nitrogens with one attached hydrogen (secondary N) is 2. The number of hydrogen-bond donors (Lipinski definition) is 2. The number of anilines is 1. The minimum Gasteiger partial charge on any atom is -0.334 e. The van der Waals surface area contributed by atoms with Crippen molar-refractivity contribution >= 4 is 34.7 Å². The molecule has 4 rings (SSSR count). The molecule has 0 unspecified atom stereocenters. The second-order valence-electron chi connectivity index (χ2n) is 7.22. The molecule has 0 spiro atoms. The van der Waals surface area contributed by atoms with Gasteiger partial charge in [-0.05, 0) is 55.3 Å². The van der Waals surface area contributed by atoms with Gasteiger partial charge < -0.3 is 15.2 Å². The summed E-state index contributed by atoms with van der Waals surface area (Å²) in [4.78, 5) is 16.4. The summed E-state index contributed by atoms with van der Waals surface area (Å²) in [6.07, 6.45) is 5.15. The predicted molar refractivity (Wildman–Crippen MR) is 120 cm³/mol. The summed E-state index contributed by atoms with van der Waals surface area (Å²) >= 11 is 7.99. The summed E-state index contributed by atoms with van der Waals surface area (Å²) < 4.78 is 2.15. The van der Waals surface area contributed by atoms with Gasteiger partial charge in [-0.15, -0.1) is 11.3 Å². The van der Waals surface area contributed by atoms with Gasteiger partial charge in [-0.1, -0.05) is 24.6 Å². The average Bonchev–Trinajstić information content (AvgIpc) is 3.37. The Labute approximate surface area is 180 Å². The summed E-state index contributed by atoms with van der Waals surface area (Å²) in [5.41, 5.74) is 4.20. The Balaban J connectivity index is 1.54. The molecule has 1 aliphatic heterocycles. The highest BCUT2D eigenvalue weighted by Gasteiger charge is 2.24. The Morgan fingerprint density at radius 2 is 2.03 bits per heavy atom. The van der Waals surface area contributed by atoms with Crippen LogP contribution in [0.5, 0.6) is 0 Å². The van der Waals surface area contributed by atoms with Gasteiger partial charge in [-0.25, -0.2) is 4.79 Å². The van der Waals surface area contributed by atoms with Gasteiger partial charge in [-0.3, -0.25) is 4.90 Å². The van der Waals surface area contributed by atoms with E-state index in [1.165, 1.54) is 21.0 Å². The van der Waals surface area contributed by atoms with E-state index in [9.17, 15) is 4.79 Å². The molecule has 0 radical (unpaired) electrons. The van der Waals surface area contributed by atoms with E-state index in [0.717, 1.165) is 37.3 Å². The number of aromatic nitrogens is 1. The molecule has 1 aliphatic rings. The molecule has 2 amide bonds. The molecular weight excluding hydrogens is 404 g/mol. The maximum absolute atomic E-state index is 12.6. The van der Waals surface area contributed by atoms with Gasteiger partial charge in [0, 0.05) is 53.2 Å². The van der Waals surface area contributed by atoms with Crippen molar-refractivity contribution in [3.05, 3.63) is 69.3 Å². The predicted octanol–water partition coefficient (Wildman–Crippen LogP) is 5.20. The number of likely N-dealkylation sites (N-methyl/N-ethyl adjacent to an activating group) is 1.